The number of carbonyl (C=O) groups is 1. The third kappa shape index (κ3) is 5.24. The highest BCUT2D eigenvalue weighted by molar-refractivity contribution is 5.78. The smallest absolute Gasteiger partial charge is 0.289 e. The highest BCUT2D eigenvalue weighted by Gasteiger charge is 2.10. The van der Waals surface area contributed by atoms with E-state index in [0.717, 1.165) is 0 Å². The third-order valence-electron chi connectivity index (χ3n) is 1.64. The lowest BCUT2D eigenvalue weighted by atomic mass is 10.2. The van der Waals surface area contributed by atoms with Gasteiger partial charge in [0.25, 0.3) is 12.2 Å². The van der Waals surface area contributed by atoms with Crippen molar-refractivity contribution in [3.63, 3.8) is 0 Å². The Hall–Kier alpha value is -2.93. The predicted octanol–water partition coefficient (Wildman–Crippen LogP) is 2.22. The molecule has 0 aliphatic rings. The van der Waals surface area contributed by atoms with E-state index in [1.165, 1.54) is 25.1 Å². The van der Waals surface area contributed by atoms with E-state index in [-0.39, 0.29) is 23.7 Å². The van der Waals surface area contributed by atoms with E-state index in [1.807, 2.05) is 0 Å². The van der Waals surface area contributed by atoms with Crippen LogP contribution in [-0.4, -0.2) is 17.3 Å². The zero-order chi connectivity index (χ0) is 14.1. The monoisotopic (exact) mass is 246 g/mol. The van der Waals surface area contributed by atoms with E-state index in [4.69, 9.17) is 18.9 Å². The van der Waals surface area contributed by atoms with Gasteiger partial charge in [-0.15, -0.1) is 0 Å². The summed E-state index contributed by atoms with van der Waals surface area (Å²) in [6, 6.07) is 3.87. The van der Waals surface area contributed by atoms with Crippen LogP contribution in [0, 0.1) is 23.3 Å². The summed E-state index contributed by atoms with van der Waals surface area (Å²) in [6.07, 6.45) is 0. The Balaban J connectivity index is 0.000000411. The van der Waals surface area contributed by atoms with Gasteiger partial charge in [0.15, 0.2) is 5.69 Å². The molecule has 0 saturated heterocycles. The topological polar surface area (TPSA) is 94.9 Å². The van der Waals surface area contributed by atoms with Crippen LogP contribution in [0.15, 0.2) is 18.2 Å². The number of nitrogen functional groups attached to an aromatic ring is 1. The SMILES string of the molecule is [C-]#[N+]CC(C)=O.[C-]#[N+]c1ccc([N+](=O)[O-])c(N)c1. The number of nitro groups is 1. The molecule has 1 rings (SSSR count). The summed E-state index contributed by atoms with van der Waals surface area (Å²) in [5.74, 6) is -0.0648. The summed E-state index contributed by atoms with van der Waals surface area (Å²) in [5.41, 5.74) is 5.47. The minimum Gasteiger partial charge on any atom is -0.394 e. The summed E-state index contributed by atoms with van der Waals surface area (Å²) >= 11 is 0. The molecule has 0 saturated carbocycles. The molecule has 0 aliphatic carbocycles. The van der Waals surface area contributed by atoms with Gasteiger partial charge in [0.2, 0.25) is 5.78 Å². The number of nitrogens with zero attached hydrogens (tertiary/aromatic N) is 3. The maximum absolute atomic E-state index is 10.3. The van der Waals surface area contributed by atoms with Crippen molar-refractivity contribution in [1.82, 2.24) is 0 Å². The van der Waals surface area contributed by atoms with Crippen molar-refractivity contribution >= 4 is 22.8 Å². The van der Waals surface area contributed by atoms with Gasteiger partial charge in [-0.3, -0.25) is 14.9 Å². The molecule has 92 valence electrons. The molecule has 0 atom stereocenters. The molecule has 18 heavy (non-hydrogen) atoms. The minimum atomic E-state index is -0.580. The second kappa shape index (κ2) is 7.36. The van der Waals surface area contributed by atoms with Gasteiger partial charge in [-0.1, -0.05) is 0 Å². The molecule has 0 aromatic heterocycles. The van der Waals surface area contributed by atoms with Gasteiger partial charge in [-0.2, -0.15) is 0 Å². The molecule has 1 aromatic carbocycles. The molecular weight excluding hydrogens is 236 g/mol. The number of nitrogens with two attached hydrogens (primary N) is 1. The molecule has 0 fully saturated rings. The summed E-state index contributed by atoms with van der Waals surface area (Å²) in [7, 11) is 0. The first-order valence-electron chi connectivity index (χ1n) is 4.66. The zero-order valence-electron chi connectivity index (χ0n) is 9.58. The number of hydrogen-bond donors (Lipinski definition) is 1. The Bertz CT molecular complexity index is 540. The minimum absolute atomic E-state index is 0.0218. The van der Waals surface area contributed by atoms with Gasteiger partial charge < -0.3 is 10.6 Å². The second-order valence-electron chi connectivity index (χ2n) is 3.13. The molecule has 2 N–H and O–H groups in total. The average Bonchev–Trinajstić information content (AvgIpc) is 2.28. The van der Waals surface area contributed by atoms with E-state index in [1.54, 1.807) is 0 Å². The molecule has 0 unspecified atom stereocenters. The molecule has 7 heteroatoms. The van der Waals surface area contributed by atoms with Gasteiger partial charge in [-0.25, -0.2) is 11.4 Å². The fraction of sp³-hybridized carbons (Fsp3) is 0.182. The van der Waals surface area contributed by atoms with Crippen molar-refractivity contribution in [1.29, 1.82) is 0 Å². The maximum Gasteiger partial charge on any atom is 0.289 e. The fourth-order valence-corrected chi connectivity index (χ4v) is 0.889. The van der Waals surface area contributed by atoms with Crippen LogP contribution >= 0.6 is 0 Å². The van der Waals surface area contributed by atoms with Crippen molar-refractivity contribution in [3.8, 4) is 0 Å². The lowest BCUT2D eigenvalue weighted by Gasteiger charge is -1.95. The van der Waals surface area contributed by atoms with Crippen LogP contribution in [0.5, 0.6) is 0 Å². The van der Waals surface area contributed by atoms with E-state index in [9.17, 15) is 14.9 Å². The number of hydrogen-bond acceptors (Lipinski definition) is 4. The number of Topliss-reactive ketones (excluding diaryl/α,β-unsaturated/α-hetero) is 1. The number of nitro benzene ring substituents is 1. The first-order chi connectivity index (χ1) is 8.42. The van der Waals surface area contributed by atoms with Crippen LogP contribution in [-0.2, 0) is 4.79 Å². The summed E-state index contributed by atoms with van der Waals surface area (Å²) < 4.78 is 0. The van der Waals surface area contributed by atoms with Crippen molar-refractivity contribution < 1.29 is 9.72 Å². The molecular formula is C11H10N4O3. The Labute approximate surface area is 104 Å². The van der Waals surface area contributed by atoms with Gasteiger partial charge >= 0.3 is 0 Å². The van der Waals surface area contributed by atoms with E-state index in [0.29, 0.717) is 5.69 Å². The average molecular weight is 246 g/mol. The number of rotatable bonds is 2. The Morgan fingerprint density at radius 2 is 2.11 bits per heavy atom. The zero-order valence-corrected chi connectivity index (χ0v) is 9.58. The Kier molecular flexibility index (Phi) is 6.16. The first kappa shape index (κ1) is 15.1. The van der Waals surface area contributed by atoms with Crippen LogP contribution in [0.4, 0.5) is 17.1 Å². The van der Waals surface area contributed by atoms with Crippen LogP contribution in [0.25, 0.3) is 9.69 Å². The van der Waals surface area contributed by atoms with Gasteiger partial charge in [0, 0.05) is 13.0 Å². The van der Waals surface area contributed by atoms with E-state index >= 15 is 0 Å². The lowest BCUT2D eigenvalue weighted by molar-refractivity contribution is -0.383. The van der Waals surface area contributed by atoms with Crippen LogP contribution < -0.4 is 5.73 Å². The number of ketones is 1. The van der Waals surface area contributed by atoms with Crippen molar-refractivity contribution in [2.75, 3.05) is 12.3 Å². The number of benzene rings is 1. The van der Waals surface area contributed by atoms with E-state index in [2.05, 4.69) is 9.69 Å². The third-order valence-corrected chi connectivity index (χ3v) is 1.64. The quantitative estimate of drug-likeness (QED) is 0.374. The van der Waals surface area contributed by atoms with Gasteiger partial charge in [0.1, 0.15) is 0 Å². The molecule has 1 aromatic rings. The second-order valence-corrected chi connectivity index (χ2v) is 3.13. The normalized spacial score (nSPS) is 8.17. The van der Waals surface area contributed by atoms with Crippen LogP contribution in [0.2, 0.25) is 0 Å². The first-order valence-corrected chi connectivity index (χ1v) is 4.66. The van der Waals surface area contributed by atoms with Crippen molar-refractivity contribution in [2.24, 2.45) is 0 Å². The number of carbonyl (C=O) groups excluding carboxylic acids is 1. The molecule has 0 radical (unpaired) electrons. The highest BCUT2D eigenvalue weighted by Crippen LogP contribution is 2.25. The summed E-state index contributed by atoms with van der Waals surface area (Å²) in [6.45, 7) is 14.2. The number of anilines is 1. The van der Waals surface area contributed by atoms with Crippen molar-refractivity contribution in [2.45, 2.75) is 6.92 Å². The standard InChI is InChI=1S/C7H5N3O2.C4H5NO/c1-9-5-2-3-7(10(11)12)6(8)4-5;1-4(6)3-5-2/h2-4H,8H2;3H2,1H3. The molecule has 0 bridgehead atoms. The van der Waals surface area contributed by atoms with Gasteiger partial charge in [-0.05, 0) is 12.1 Å². The largest absolute Gasteiger partial charge is 0.394 e. The maximum atomic E-state index is 10.3. The van der Waals surface area contributed by atoms with Gasteiger partial charge in [0.05, 0.1) is 17.2 Å². The Morgan fingerprint density at radius 3 is 2.39 bits per heavy atom. The van der Waals surface area contributed by atoms with E-state index < -0.39 is 4.92 Å². The predicted molar refractivity (Wildman–Crippen MR) is 65.9 cm³/mol. The fourth-order valence-electron chi connectivity index (χ4n) is 0.889. The Morgan fingerprint density at radius 1 is 1.50 bits per heavy atom. The summed E-state index contributed by atoms with van der Waals surface area (Å²) in [5, 5.41) is 10.3. The molecule has 0 aliphatic heterocycles. The summed E-state index contributed by atoms with van der Waals surface area (Å²) in [4.78, 5) is 25.4. The molecule has 0 heterocycles. The van der Waals surface area contributed by atoms with Crippen LogP contribution in [0.3, 0.4) is 0 Å². The van der Waals surface area contributed by atoms with Crippen molar-refractivity contribution in [3.05, 3.63) is 51.1 Å². The van der Waals surface area contributed by atoms with Crippen LogP contribution in [0.1, 0.15) is 6.92 Å². The molecule has 0 spiro atoms. The molecule has 7 nitrogen and oxygen atoms in total. The highest BCUT2D eigenvalue weighted by atomic mass is 16.6. The molecule has 0 amide bonds. The lowest BCUT2D eigenvalue weighted by Crippen LogP contribution is -1.94.